The van der Waals surface area contributed by atoms with E-state index in [1.165, 1.54) is 102 Å². The van der Waals surface area contributed by atoms with E-state index in [0.717, 1.165) is 4.48 Å². The molecular formula is C23H43BrN+. The van der Waals surface area contributed by atoms with E-state index in [-0.39, 0.29) is 0 Å². The van der Waals surface area contributed by atoms with E-state index in [2.05, 4.69) is 54.3 Å². The number of allylic oxidation sites excluding steroid dienone is 2. The van der Waals surface area contributed by atoms with E-state index in [1.807, 2.05) is 0 Å². The molecule has 2 heteroatoms. The van der Waals surface area contributed by atoms with Crippen LogP contribution in [-0.2, 0) is 0 Å². The van der Waals surface area contributed by atoms with Crippen LogP contribution in [0.2, 0.25) is 0 Å². The topological polar surface area (TPSA) is 0 Å². The third-order valence-electron chi connectivity index (χ3n) is 5.43. The second-order valence-electron chi connectivity index (χ2n) is 8.56. The van der Waals surface area contributed by atoms with Gasteiger partial charge in [-0.05, 0) is 19.3 Å². The molecule has 146 valence electrons. The van der Waals surface area contributed by atoms with Crippen molar-refractivity contribution in [1.29, 1.82) is 0 Å². The minimum absolute atomic E-state index is 0.666. The Labute approximate surface area is 166 Å². The van der Waals surface area contributed by atoms with Gasteiger partial charge in [0.1, 0.15) is 0 Å². The van der Waals surface area contributed by atoms with E-state index in [1.54, 1.807) is 0 Å². The molecule has 0 saturated carbocycles. The molecular weight excluding hydrogens is 370 g/mol. The van der Waals surface area contributed by atoms with E-state index in [4.69, 9.17) is 0 Å². The van der Waals surface area contributed by atoms with Crippen molar-refractivity contribution in [2.75, 3.05) is 32.5 Å². The Morgan fingerprint density at radius 1 is 0.640 bits per heavy atom. The second-order valence-corrected chi connectivity index (χ2v) is 9.35. The first-order valence-electron chi connectivity index (χ1n) is 10.9. The summed E-state index contributed by atoms with van der Waals surface area (Å²) in [6.07, 6.45) is 27.7. The van der Waals surface area contributed by atoms with Gasteiger partial charge in [0, 0.05) is 11.2 Å². The minimum Gasteiger partial charge on any atom is -0.328 e. The fourth-order valence-electron chi connectivity index (χ4n) is 3.84. The Morgan fingerprint density at radius 2 is 1.04 bits per heavy atom. The smallest absolute Gasteiger partial charge is 0.0881 e. The van der Waals surface area contributed by atoms with Gasteiger partial charge >= 0.3 is 0 Å². The lowest BCUT2D eigenvalue weighted by Gasteiger charge is -2.31. The van der Waals surface area contributed by atoms with Gasteiger partial charge in [-0.15, -0.1) is 0 Å². The number of hydrogen-bond acceptors (Lipinski definition) is 0. The molecule has 1 aliphatic rings. The van der Waals surface area contributed by atoms with E-state index >= 15 is 0 Å². The molecule has 1 aliphatic carbocycles. The lowest BCUT2D eigenvalue weighted by atomic mass is 10.0. The first-order chi connectivity index (χ1) is 12.1. The molecule has 0 bridgehead atoms. The predicted octanol–water partition coefficient (Wildman–Crippen LogP) is 7.27. The lowest BCUT2D eigenvalue weighted by molar-refractivity contribution is -0.892. The van der Waals surface area contributed by atoms with Crippen LogP contribution in [0, 0.1) is 5.92 Å². The van der Waals surface area contributed by atoms with E-state index in [0.29, 0.717) is 5.92 Å². The first kappa shape index (κ1) is 23.0. The number of quaternary nitrogens is 1. The van der Waals surface area contributed by atoms with Crippen molar-refractivity contribution in [3.05, 3.63) is 24.3 Å². The maximum Gasteiger partial charge on any atom is 0.0881 e. The third kappa shape index (κ3) is 13.7. The third-order valence-corrected chi connectivity index (χ3v) is 5.99. The Morgan fingerprint density at radius 3 is 1.48 bits per heavy atom. The molecule has 0 fully saturated rings. The number of nitrogens with zero attached hydrogens (tertiary/aromatic N) is 1. The molecule has 0 heterocycles. The van der Waals surface area contributed by atoms with Crippen LogP contribution >= 0.6 is 15.9 Å². The van der Waals surface area contributed by atoms with Crippen LogP contribution < -0.4 is 0 Å². The van der Waals surface area contributed by atoms with Crippen molar-refractivity contribution in [3.63, 3.8) is 0 Å². The molecule has 0 aliphatic heterocycles. The monoisotopic (exact) mass is 412 g/mol. The summed E-state index contributed by atoms with van der Waals surface area (Å²) in [5.74, 6) is 0.666. The van der Waals surface area contributed by atoms with E-state index < -0.39 is 0 Å². The van der Waals surface area contributed by atoms with Crippen LogP contribution in [0.1, 0.15) is 83.5 Å². The average molecular weight is 414 g/mol. The number of rotatable bonds is 17. The molecule has 1 rings (SSSR count). The summed E-state index contributed by atoms with van der Waals surface area (Å²) < 4.78 is 1.16. The minimum atomic E-state index is 0.666. The van der Waals surface area contributed by atoms with Crippen molar-refractivity contribution in [2.45, 2.75) is 83.5 Å². The molecule has 0 atom stereocenters. The highest BCUT2D eigenvalue weighted by Crippen LogP contribution is 2.16. The normalized spacial score (nSPS) is 14.7. The van der Waals surface area contributed by atoms with Gasteiger partial charge in [-0.25, -0.2) is 0 Å². The Hall–Kier alpha value is -0.0800. The zero-order valence-electron chi connectivity index (χ0n) is 17.0. The lowest BCUT2D eigenvalue weighted by Crippen LogP contribution is -2.43. The van der Waals surface area contributed by atoms with Crippen LogP contribution in [0.3, 0.4) is 0 Å². The van der Waals surface area contributed by atoms with E-state index in [9.17, 15) is 0 Å². The standard InChI is InChI=1S/C23H43BrN/c1-25(2,22-23-18-14-15-19-23)21-17-13-11-9-7-5-3-4-6-8-10-12-16-20-24/h14-15,18-19,23H,3-13,16-17,20-22H2,1-2H3/q+1. The Bertz CT molecular complexity index is 347. The summed E-state index contributed by atoms with van der Waals surface area (Å²) in [6.45, 7) is 2.58. The highest BCUT2D eigenvalue weighted by Gasteiger charge is 2.19. The number of alkyl halides is 1. The quantitative estimate of drug-likeness (QED) is 0.134. The number of unbranched alkanes of at least 4 members (excludes halogenated alkanes) is 12. The average Bonchev–Trinajstić information content (AvgIpc) is 3.07. The van der Waals surface area contributed by atoms with Gasteiger partial charge in [0.15, 0.2) is 0 Å². The van der Waals surface area contributed by atoms with Crippen molar-refractivity contribution in [3.8, 4) is 0 Å². The molecule has 0 amide bonds. The Balaban J connectivity index is 1.81. The maximum atomic E-state index is 3.50. The predicted molar refractivity (Wildman–Crippen MR) is 117 cm³/mol. The van der Waals surface area contributed by atoms with Gasteiger partial charge in [0.2, 0.25) is 0 Å². The van der Waals surface area contributed by atoms with Gasteiger partial charge < -0.3 is 4.48 Å². The van der Waals surface area contributed by atoms with Crippen LogP contribution in [0.25, 0.3) is 0 Å². The molecule has 0 aromatic rings. The summed E-state index contributed by atoms with van der Waals surface area (Å²) in [5.41, 5.74) is 0. The van der Waals surface area contributed by atoms with Crippen molar-refractivity contribution in [1.82, 2.24) is 0 Å². The largest absolute Gasteiger partial charge is 0.328 e. The number of hydrogen-bond donors (Lipinski definition) is 0. The number of halogens is 1. The van der Waals surface area contributed by atoms with Gasteiger partial charge in [-0.2, -0.15) is 0 Å². The summed E-state index contributed by atoms with van der Waals surface area (Å²) in [4.78, 5) is 0. The van der Waals surface area contributed by atoms with Crippen LogP contribution in [-0.4, -0.2) is 37.0 Å². The van der Waals surface area contributed by atoms with Gasteiger partial charge in [0.25, 0.3) is 0 Å². The van der Waals surface area contributed by atoms with Gasteiger partial charge in [0.05, 0.1) is 27.2 Å². The van der Waals surface area contributed by atoms with Crippen LogP contribution in [0.4, 0.5) is 0 Å². The molecule has 0 spiro atoms. The zero-order chi connectivity index (χ0) is 18.2. The fraction of sp³-hybridized carbons (Fsp3) is 0.826. The fourth-order valence-corrected chi connectivity index (χ4v) is 4.24. The van der Waals surface area contributed by atoms with Gasteiger partial charge in [-0.1, -0.05) is 104 Å². The van der Waals surface area contributed by atoms with Crippen molar-refractivity contribution < 1.29 is 4.48 Å². The van der Waals surface area contributed by atoms with Crippen LogP contribution in [0.15, 0.2) is 24.3 Å². The summed E-state index contributed by atoms with van der Waals surface area (Å²) in [5, 5.41) is 1.18. The summed E-state index contributed by atoms with van der Waals surface area (Å²) in [6, 6.07) is 0. The summed E-state index contributed by atoms with van der Waals surface area (Å²) in [7, 11) is 4.78. The molecule has 0 aromatic carbocycles. The molecule has 25 heavy (non-hydrogen) atoms. The molecule has 0 saturated heterocycles. The zero-order valence-corrected chi connectivity index (χ0v) is 18.6. The molecule has 1 nitrogen and oxygen atoms in total. The second kappa shape index (κ2) is 15.0. The first-order valence-corrected chi connectivity index (χ1v) is 12.0. The van der Waals surface area contributed by atoms with Crippen molar-refractivity contribution in [2.24, 2.45) is 5.92 Å². The highest BCUT2D eigenvalue weighted by atomic mass is 79.9. The SMILES string of the molecule is C[N+](C)(CCCCCCCCCCCCCCCBr)CC1C=CC=C1. The van der Waals surface area contributed by atoms with Crippen LogP contribution in [0.5, 0.6) is 0 Å². The molecule has 0 unspecified atom stereocenters. The molecule has 0 N–H and O–H groups in total. The molecule has 0 aromatic heterocycles. The highest BCUT2D eigenvalue weighted by molar-refractivity contribution is 9.09. The van der Waals surface area contributed by atoms with Crippen molar-refractivity contribution >= 4 is 15.9 Å². The summed E-state index contributed by atoms with van der Waals surface area (Å²) >= 11 is 3.50. The van der Waals surface area contributed by atoms with Gasteiger partial charge in [-0.3, -0.25) is 0 Å². The molecule has 0 radical (unpaired) electrons. The Kier molecular flexibility index (Phi) is 13.8. The maximum absolute atomic E-state index is 3.50.